The van der Waals surface area contributed by atoms with Gasteiger partial charge in [0.25, 0.3) is 5.91 Å². The first-order valence-electron chi connectivity index (χ1n) is 15.6. The van der Waals surface area contributed by atoms with Gasteiger partial charge in [-0.1, -0.05) is 58.0 Å². The molecule has 0 saturated heterocycles. The van der Waals surface area contributed by atoms with Crippen LogP contribution in [0.3, 0.4) is 0 Å². The number of carbonyl (C=O) groups is 4. The Bertz CT molecular complexity index is 2250. The summed E-state index contributed by atoms with van der Waals surface area (Å²) in [4.78, 5) is 61.0. The van der Waals surface area contributed by atoms with Crippen LogP contribution in [-0.4, -0.2) is 34.1 Å². The molecule has 4 aromatic carbocycles. The van der Waals surface area contributed by atoms with Gasteiger partial charge in [-0.25, -0.2) is 0 Å². The molecule has 0 atom stereocenters. The van der Waals surface area contributed by atoms with Crippen molar-refractivity contribution >= 4 is 84.6 Å². The van der Waals surface area contributed by atoms with E-state index in [1.165, 1.54) is 13.8 Å². The lowest BCUT2D eigenvalue weighted by Gasteiger charge is -2.20. The molecule has 0 aliphatic rings. The van der Waals surface area contributed by atoms with Crippen molar-refractivity contribution in [3.8, 4) is 0 Å². The number of benzene rings is 4. The largest absolute Gasteiger partial charge is 0.348 e. The lowest BCUT2D eigenvalue weighted by molar-refractivity contribution is -0.115. The van der Waals surface area contributed by atoms with E-state index in [4.69, 9.17) is 4.98 Å². The second-order valence-electron chi connectivity index (χ2n) is 11.3. The van der Waals surface area contributed by atoms with Gasteiger partial charge in [-0.2, -0.15) is 0 Å². The summed E-state index contributed by atoms with van der Waals surface area (Å²) in [6, 6.07) is 29.7. The van der Waals surface area contributed by atoms with Crippen molar-refractivity contribution in [1.29, 1.82) is 0 Å². The van der Waals surface area contributed by atoms with Crippen LogP contribution in [0.25, 0.3) is 21.8 Å². The third-order valence-electron chi connectivity index (χ3n) is 7.72. The summed E-state index contributed by atoms with van der Waals surface area (Å²) in [5, 5.41) is 10.3. The van der Waals surface area contributed by atoms with Gasteiger partial charge < -0.3 is 20.9 Å². The van der Waals surface area contributed by atoms with Crippen LogP contribution in [-0.2, 0) is 27.5 Å². The first-order valence-corrected chi connectivity index (χ1v) is 17.8. The molecule has 3 N–H and O–H groups in total. The van der Waals surface area contributed by atoms with Crippen LogP contribution >= 0.6 is 21.6 Å². The predicted octanol–water partition coefficient (Wildman–Crippen LogP) is 7.59. The SMILES string of the molecule is CC(=O)Nc1cccc(C(=O)NCc2ccc(SSc3ccc(CN(C=O)c4cccc(NC(C)=O)c4)c4cccnc34)c3ncccc23)c1. The molecule has 2 heterocycles. The molecule has 0 saturated carbocycles. The van der Waals surface area contributed by atoms with Crippen LogP contribution in [0.2, 0.25) is 0 Å². The fraction of sp³-hybridized carbons (Fsp3) is 0.105. The Morgan fingerprint density at radius 3 is 1.90 bits per heavy atom. The van der Waals surface area contributed by atoms with Crippen LogP contribution in [0.4, 0.5) is 17.1 Å². The highest BCUT2D eigenvalue weighted by atomic mass is 33.1. The first-order chi connectivity index (χ1) is 24.3. The molecule has 10 nitrogen and oxygen atoms in total. The highest BCUT2D eigenvalue weighted by molar-refractivity contribution is 8.76. The number of aromatic nitrogens is 2. The van der Waals surface area contributed by atoms with Gasteiger partial charge in [0.15, 0.2) is 0 Å². The standard InChI is InChI=1S/C38H32N6O4S2/c1-24(46)42-29-8-3-7-26(19-29)38(48)41-21-27-13-15-34(36-32(27)11-5-17-39-36)49-50-35-16-14-28(33-12-6-18-40-37(33)35)22-44(23-45)31-10-4-9-30(20-31)43-25(2)47/h3-20,23H,21-22H2,1-2H3,(H,41,48)(H,42,46)(H,43,47). The van der Waals surface area contributed by atoms with Gasteiger partial charge in [0.05, 0.1) is 17.6 Å². The molecule has 6 aromatic rings. The zero-order valence-electron chi connectivity index (χ0n) is 27.2. The lowest BCUT2D eigenvalue weighted by atomic mass is 10.1. The Labute approximate surface area is 296 Å². The van der Waals surface area contributed by atoms with Gasteiger partial charge in [-0.15, -0.1) is 0 Å². The van der Waals surface area contributed by atoms with E-state index < -0.39 is 0 Å². The summed E-state index contributed by atoms with van der Waals surface area (Å²) in [5.74, 6) is -0.639. The molecule has 0 fully saturated rings. The summed E-state index contributed by atoms with van der Waals surface area (Å²) >= 11 is 0. The molecule has 50 heavy (non-hydrogen) atoms. The highest BCUT2D eigenvalue weighted by Gasteiger charge is 2.15. The molecule has 12 heteroatoms. The van der Waals surface area contributed by atoms with E-state index >= 15 is 0 Å². The zero-order valence-corrected chi connectivity index (χ0v) is 28.8. The van der Waals surface area contributed by atoms with Crippen LogP contribution < -0.4 is 20.9 Å². The van der Waals surface area contributed by atoms with Crippen molar-refractivity contribution in [2.75, 3.05) is 15.5 Å². The van der Waals surface area contributed by atoms with Gasteiger partial charge in [0.2, 0.25) is 18.2 Å². The molecule has 6 rings (SSSR count). The molecule has 4 amide bonds. The minimum atomic E-state index is -0.249. The molecule has 0 aliphatic heterocycles. The number of hydrogen-bond acceptors (Lipinski definition) is 8. The average Bonchev–Trinajstić information content (AvgIpc) is 3.12. The summed E-state index contributed by atoms with van der Waals surface area (Å²) in [5.41, 5.74) is 5.78. The van der Waals surface area contributed by atoms with Crippen LogP contribution in [0.1, 0.15) is 35.3 Å². The Morgan fingerprint density at radius 1 is 0.700 bits per heavy atom. The van der Waals surface area contributed by atoms with Crippen molar-refractivity contribution in [3.05, 3.63) is 126 Å². The third kappa shape index (κ3) is 8.11. The van der Waals surface area contributed by atoms with Crippen molar-refractivity contribution in [1.82, 2.24) is 15.3 Å². The van der Waals surface area contributed by atoms with Crippen molar-refractivity contribution in [2.24, 2.45) is 0 Å². The van der Waals surface area contributed by atoms with E-state index in [1.54, 1.807) is 81.3 Å². The van der Waals surface area contributed by atoms with E-state index in [-0.39, 0.29) is 17.7 Å². The Hall–Kier alpha value is -5.72. The fourth-order valence-corrected chi connectivity index (χ4v) is 7.74. The zero-order chi connectivity index (χ0) is 35.0. The fourth-order valence-electron chi connectivity index (χ4n) is 5.49. The number of nitrogens with zero attached hydrogens (tertiary/aromatic N) is 3. The number of fused-ring (bicyclic) bond motifs is 2. The maximum Gasteiger partial charge on any atom is 0.251 e. The van der Waals surface area contributed by atoms with Gasteiger partial charge in [0.1, 0.15) is 0 Å². The van der Waals surface area contributed by atoms with Gasteiger partial charge >= 0.3 is 0 Å². The second kappa shape index (κ2) is 15.7. The Balaban J connectivity index is 1.19. The minimum absolute atomic E-state index is 0.185. The van der Waals surface area contributed by atoms with E-state index in [9.17, 15) is 19.2 Å². The number of anilines is 3. The van der Waals surface area contributed by atoms with Gasteiger partial charge in [-0.05, 0) is 71.8 Å². The molecule has 0 spiro atoms. The Kier molecular flexibility index (Phi) is 10.7. The quantitative estimate of drug-likeness (QED) is 0.0879. The first kappa shape index (κ1) is 34.2. The highest BCUT2D eigenvalue weighted by Crippen LogP contribution is 2.43. The molecule has 2 aromatic heterocycles. The van der Waals surface area contributed by atoms with E-state index in [1.807, 2.05) is 54.6 Å². The maximum absolute atomic E-state index is 13.0. The van der Waals surface area contributed by atoms with Crippen LogP contribution in [0, 0.1) is 0 Å². The normalized spacial score (nSPS) is 10.8. The molecular formula is C38H32N6O4S2. The number of rotatable bonds is 12. The Morgan fingerprint density at radius 2 is 1.28 bits per heavy atom. The summed E-state index contributed by atoms with van der Waals surface area (Å²) in [6.07, 6.45) is 4.29. The predicted molar refractivity (Wildman–Crippen MR) is 200 cm³/mol. The third-order valence-corrected chi connectivity index (χ3v) is 10.1. The maximum atomic E-state index is 13.0. The van der Waals surface area contributed by atoms with Gasteiger partial charge in [-0.3, -0.25) is 29.1 Å². The van der Waals surface area contributed by atoms with E-state index in [0.717, 1.165) is 49.1 Å². The van der Waals surface area contributed by atoms with Crippen molar-refractivity contribution < 1.29 is 19.2 Å². The number of nitrogens with one attached hydrogen (secondary N) is 3. The summed E-state index contributed by atoms with van der Waals surface area (Å²) < 4.78 is 0. The molecule has 0 aliphatic carbocycles. The smallest absolute Gasteiger partial charge is 0.251 e. The van der Waals surface area contributed by atoms with Gasteiger partial charge in [0, 0.05) is 76.0 Å². The summed E-state index contributed by atoms with van der Waals surface area (Å²) in [6.45, 7) is 3.49. The average molecular weight is 701 g/mol. The molecule has 0 bridgehead atoms. The number of pyridine rings is 2. The molecule has 0 unspecified atom stereocenters. The van der Waals surface area contributed by atoms with E-state index in [0.29, 0.717) is 35.7 Å². The molecule has 250 valence electrons. The number of carbonyl (C=O) groups excluding carboxylic acids is 4. The van der Waals surface area contributed by atoms with Crippen LogP contribution in [0.5, 0.6) is 0 Å². The monoisotopic (exact) mass is 700 g/mol. The summed E-state index contributed by atoms with van der Waals surface area (Å²) in [7, 11) is 3.15. The number of hydrogen-bond donors (Lipinski definition) is 3. The molecular weight excluding hydrogens is 669 g/mol. The van der Waals surface area contributed by atoms with Crippen molar-refractivity contribution in [3.63, 3.8) is 0 Å². The van der Waals surface area contributed by atoms with E-state index in [2.05, 4.69) is 20.9 Å². The van der Waals surface area contributed by atoms with Crippen LogP contribution in [0.15, 0.2) is 119 Å². The van der Waals surface area contributed by atoms with Crippen molar-refractivity contribution in [2.45, 2.75) is 36.7 Å². The lowest BCUT2D eigenvalue weighted by Crippen LogP contribution is -2.23. The number of amides is 4. The minimum Gasteiger partial charge on any atom is -0.348 e. The topological polar surface area (TPSA) is 133 Å². The second-order valence-corrected chi connectivity index (χ2v) is 13.5. The molecule has 0 radical (unpaired) electrons.